The van der Waals surface area contributed by atoms with Crippen LogP contribution in [0.5, 0.6) is 17.2 Å². The third-order valence-electron chi connectivity index (χ3n) is 9.36. The van der Waals surface area contributed by atoms with E-state index in [9.17, 15) is 54.1 Å². The summed E-state index contributed by atoms with van der Waals surface area (Å²) in [7, 11) is 1.03. The van der Waals surface area contributed by atoms with Gasteiger partial charge in [-0.25, -0.2) is 9.59 Å². The van der Waals surface area contributed by atoms with Gasteiger partial charge in [-0.3, -0.25) is 29.2 Å². The Bertz CT molecular complexity index is 2650. The van der Waals surface area contributed by atoms with Gasteiger partial charge in [0.25, 0.3) is 23.6 Å². The van der Waals surface area contributed by atoms with Crippen LogP contribution in [0.15, 0.2) is 103 Å². The summed E-state index contributed by atoms with van der Waals surface area (Å²) in [5, 5.41) is 62.9. The lowest BCUT2D eigenvalue weighted by atomic mass is 10.1. The van der Waals surface area contributed by atoms with Crippen LogP contribution in [0, 0.1) is 5.21 Å². The molecule has 9 N–H and O–H groups in total. The number of anilines is 5. The van der Waals surface area contributed by atoms with Gasteiger partial charge in [-0.15, -0.1) is 0 Å². The predicted octanol–water partition coefficient (Wildman–Crippen LogP) is 5.95. The van der Waals surface area contributed by atoms with Crippen molar-refractivity contribution in [2.24, 2.45) is 0 Å². The van der Waals surface area contributed by atoms with Crippen molar-refractivity contribution in [3.63, 3.8) is 0 Å². The van der Waals surface area contributed by atoms with E-state index in [0.717, 1.165) is 7.11 Å². The van der Waals surface area contributed by atoms with Gasteiger partial charge in [-0.05, 0) is 131 Å². The third kappa shape index (κ3) is 12.8. The van der Waals surface area contributed by atoms with Crippen LogP contribution in [0.1, 0.15) is 79.5 Å². The second-order valence-corrected chi connectivity index (χ2v) is 15.0. The molecule has 0 spiro atoms. The number of aliphatic carboxylic acids is 1. The summed E-state index contributed by atoms with van der Waals surface area (Å²) >= 11 is 0. The Hall–Kier alpha value is -8.53. The molecule has 0 aliphatic heterocycles. The number of benzene rings is 5. The Labute approximate surface area is 381 Å². The molecule has 5 aromatic carbocycles. The molecule has 5 aromatic rings. The topological polar surface area (TPSA) is 315 Å². The van der Waals surface area contributed by atoms with E-state index in [1.165, 1.54) is 103 Å². The Morgan fingerprint density at radius 3 is 1.61 bits per heavy atom. The number of nitrogens with one attached hydrogen (secondary N) is 5. The second kappa shape index (κ2) is 21.9. The van der Waals surface area contributed by atoms with Crippen LogP contribution < -0.4 is 41.3 Å². The van der Waals surface area contributed by atoms with Crippen molar-refractivity contribution in [3.8, 4) is 17.2 Å². The fraction of sp³-hybridized carbons (Fsp3) is 0.196. The summed E-state index contributed by atoms with van der Waals surface area (Å²) in [4.78, 5) is 90.0. The molecule has 0 radical (unpaired) electrons. The van der Waals surface area contributed by atoms with E-state index in [2.05, 4.69) is 26.6 Å². The molecular weight excluding hydrogens is 877 g/mol. The highest BCUT2D eigenvalue weighted by molar-refractivity contribution is 6.10. The van der Waals surface area contributed by atoms with Crippen LogP contribution in [-0.4, -0.2) is 93.5 Å². The first kappa shape index (κ1) is 49.5. The number of methoxy groups -OCH3 is 1. The standard InChI is InChI=1S/C46H45N6O15/c1-23(2)66-35-22-28(45(59)60)12-20-33(35)49-43(57)32-19-21-34(38(37(32)53)67-24(3)4)50-41(55)25-6-15-30(16-7-25)48-44(58)36(39(65-5)46(61)62)51-42(56)26-8-13-29(14-9-26)47-40(54)27-10-17-31(18-11-27)52(63)64/h6-24,36,39,53,63H,1-5H3,(H,47,54)(H,48,58)(H,49,57)(H,50,55)(H,51,56)(H,59,60)(H,61,62)/q-1/t36-,39-/m1/s1. The van der Waals surface area contributed by atoms with Crippen molar-refractivity contribution in [1.29, 1.82) is 0 Å². The number of rotatable bonds is 19. The predicted molar refractivity (Wildman–Crippen MR) is 242 cm³/mol. The van der Waals surface area contributed by atoms with E-state index in [1.54, 1.807) is 27.7 Å². The molecule has 5 rings (SSSR count). The molecule has 0 aliphatic carbocycles. The van der Waals surface area contributed by atoms with Gasteiger partial charge in [0.2, 0.25) is 5.91 Å². The van der Waals surface area contributed by atoms with Crippen molar-refractivity contribution >= 4 is 69.9 Å². The molecule has 2 atom stereocenters. The van der Waals surface area contributed by atoms with Crippen LogP contribution in [0.4, 0.5) is 28.4 Å². The smallest absolute Gasteiger partial charge is 0.335 e. The molecule has 0 aromatic heterocycles. The van der Waals surface area contributed by atoms with Crippen molar-refractivity contribution < 1.29 is 68.3 Å². The van der Waals surface area contributed by atoms with Crippen LogP contribution >= 0.6 is 0 Å². The number of phenolic OH excluding ortho intramolecular Hbond substituents is 1. The largest absolute Gasteiger partial charge is 0.733 e. The number of carboxylic acid groups (broad SMARTS) is 2. The Morgan fingerprint density at radius 2 is 1.09 bits per heavy atom. The van der Waals surface area contributed by atoms with E-state index in [0.29, 0.717) is 0 Å². The lowest BCUT2D eigenvalue weighted by molar-refractivity contribution is -0.152. The van der Waals surface area contributed by atoms with E-state index >= 15 is 0 Å². The van der Waals surface area contributed by atoms with Gasteiger partial charge in [0.05, 0.1) is 40.4 Å². The van der Waals surface area contributed by atoms with Gasteiger partial charge < -0.3 is 66.5 Å². The van der Waals surface area contributed by atoms with E-state index in [1.807, 2.05) is 0 Å². The lowest BCUT2D eigenvalue weighted by Gasteiger charge is -2.23. The molecule has 21 heteroatoms. The minimum atomic E-state index is -1.85. The quantitative estimate of drug-likeness (QED) is 0.0432. The number of hydrogen-bond acceptors (Lipinski definition) is 14. The van der Waals surface area contributed by atoms with Crippen molar-refractivity contribution in [1.82, 2.24) is 5.32 Å². The average molecular weight is 922 g/mol. The fourth-order valence-corrected chi connectivity index (χ4v) is 6.16. The first-order valence-corrected chi connectivity index (χ1v) is 20.1. The molecule has 0 bridgehead atoms. The molecule has 0 aliphatic rings. The number of hydrogen-bond donors (Lipinski definition) is 9. The monoisotopic (exact) mass is 921 g/mol. The summed E-state index contributed by atoms with van der Waals surface area (Å²) in [6.45, 7) is 6.74. The second-order valence-electron chi connectivity index (χ2n) is 15.0. The number of nitrogens with zero attached hydrogens (tertiary/aromatic N) is 1. The zero-order valence-electron chi connectivity index (χ0n) is 36.4. The van der Waals surface area contributed by atoms with Gasteiger partial charge in [-0.1, -0.05) is 0 Å². The molecule has 0 heterocycles. The maximum Gasteiger partial charge on any atom is 0.335 e. The number of carbonyl (C=O) groups is 7. The van der Waals surface area contributed by atoms with Gasteiger partial charge in [0.15, 0.2) is 17.6 Å². The molecule has 0 fully saturated rings. The molecule has 0 saturated carbocycles. The summed E-state index contributed by atoms with van der Waals surface area (Å²) in [5.74, 6) is -7.47. The minimum Gasteiger partial charge on any atom is -0.733 e. The van der Waals surface area contributed by atoms with E-state index < -0.39 is 65.5 Å². The number of amides is 5. The summed E-state index contributed by atoms with van der Waals surface area (Å²) in [6, 6.07) is 20.5. The number of ether oxygens (including phenoxy) is 3. The van der Waals surface area contributed by atoms with Crippen LogP contribution in [0.3, 0.4) is 0 Å². The summed E-state index contributed by atoms with van der Waals surface area (Å²) in [6.07, 6.45) is -2.76. The zero-order valence-corrected chi connectivity index (χ0v) is 36.4. The third-order valence-corrected chi connectivity index (χ3v) is 9.36. The van der Waals surface area contributed by atoms with Crippen molar-refractivity contribution in [2.45, 2.75) is 52.0 Å². The maximum atomic E-state index is 13.5. The molecule has 67 heavy (non-hydrogen) atoms. The highest BCUT2D eigenvalue weighted by atomic mass is 16.8. The van der Waals surface area contributed by atoms with Crippen LogP contribution in [0.25, 0.3) is 0 Å². The molecule has 0 saturated heterocycles. The number of carboxylic acids is 2. The van der Waals surface area contributed by atoms with Crippen molar-refractivity contribution in [3.05, 3.63) is 136 Å². The summed E-state index contributed by atoms with van der Waals surface area (Å²) in [5.41, 5.74) is 0.264. The molecule has 5 amide bonds. The average Bonchev–Trinajstić information content (AvgIpc) is 3.28. The number of aromatic carboxylic acids is 1. The number of aromatic hydroxyl groups is 1. The Morgan fingerprint density at radius 1 is 0.597 bits per heavy atom. The van der Waals surface area contributed by atoms with Gasteiger partial charge in [0.1, 0.15) is 11.8 Å². The van der Waals surface area contributed by atoms with Gasteiger partial charge in [0, 0.05) is 35.2 Å². The first-order chi connectivity index (χ1) is 31.8. The van der Waals surface area contributed by atoms with Gasteiger partial charge >= 0.3 is 11.9 Å². The highest BCUT2D eigenvalue weighted by Crippen LogP contribution is 2.39. The fourth-order valence-electron chi connectivity index (χ4n) is 6.16. The lowest BCUT2D eigenvalue weighted by Crippen LogP contribution is -2.54. The van der Waals surface area contributed by atoms with Gasteiger partial charge in [-0.2, -0.15) is 0 Å². The molecule has 350 valence electrons. The highest BCUT2D eigenvalue weighted by Gasteiger charge is 2.36. The Balaban J connectivity index is 1.27. The first-order valence-electron chi connectivity index (χ1n) is 20.1. The Kier molecular flexibility index (Phi) is 16.2. The van der Waals surface area contributed by atoms with Crippen molar-refractivity contribution in [2.75, 3.05) is 33.6 Å². The van der Waals surface area contributed by atoms with Crippen LogP contribution in [0.2, 0.25) is 0 Å². The minimum absolute atomic E-state index is 0.0128. The normalized spacial score (nSPS) is 11.7. The summed E-state index contributed by atoms with van der Waals surface area (Å²) < 4.78 is 16.5. The number of carbonyl (C=O) groups excluding carboxylic acids is 5. The van der Waals surface area contributed by atoms with Crippen LogP contribution in [-0.2, 0) is 14.3 Å². The zero-order chi connectivity index (χ0) is 49.1. The molecular formula is C46H45N6O15-. The number of phenols is 1. The maximum absolute atomic E-state index is 13.5. The molecule has 0 unspecified atom stereocenters. The van der Waals surface area contributed by atoms with E-state index in [-0.39, 0.29) is 79.1 Å². The molecule has 21 nitrogen and oxygen atoms in total. The SMILES string of the molecule is CO[C@@H](C(=O)O)[C@@H](NC(=O)c1ccc(NC(=O)c2ccc(N([O-])O)cc2)cc1)C(=O)Nc1ccc(C(=O)Nc2ccc(C(=O)Nc3ccc(C(=O)O)cc3OC(C)C)c(O)c2OC(C)C)cc1. The van der Waals surface area contributed by atoms with E-state index in [4.69, 9.17) is 19.4 Å².